The molecule has 0 saturated carbocycles. The predicted octanol–water partition coefficient (Wildman–Crippen LogP) is 4.11. The highest BCUT2D eigenvalue weighted by molar-refractivity contribution is 6.58. The van der Waals surface area contributed by atoms with E-state index >= 15 is 8.63 Å². The molecule has 0 spiro atoms. The second-order valence-corrected chi connectivity index (χ2v) is 11.8. The van der Waals surface area contributed by atoms with Gasteiger partial charge in [0.05, 0.1) is 41.2 Å². The van der Waals surface area contributed by atoms with Crippen LogP contribution >= 0.6 is 0 Å². The first kappa shape index (κ1) is 29.2. The SMILES string of the molecule is COc1ccc(C2=[N+]3C(=Cc4c(C)cc(CCC(=O)On5c(O)ccc5O)n4[B-]3(F)F)C(CCC[N+](C)(C)C)=C2)cc1. The largest absolute Gasteiger partial charge is 0.737 e. The molecule has 9 nitrogen and oxygen atoms in total. The minimum atomic E-state index is -4.33. The molecule has 42 heavy (non-hydrogen) atoms. The van der Waals surface area contributed by atoms with E-state index in [1.807, 2.05) is 12.2 Å². The van der Waals surface area contributed by atoms with E-state index in [4.69, 9.17) is 9.57 Å². The molecule has 4 heterocycles. The summed E-state index contributed by atoms with van der Waals surface area (Å²) in [5.74, 6) is -1.06. The van der Waals surface area contributed by atoms with Gasteiger partial charge in [-0.1, -0.05) is 0 Å². The smallest absolute Gasteiger partial charge is 0.497 e. The zero-order valence-electron chi connectivity index (χ0n) is 24.5. The second kappa shape index (κ2) is 10.8. The number of rotatable bonds is 10. The van der Waals surface area contributed by atoms with E-state index in [1.54, 1.807) is 44.4 Å². The minimum absolute atomic E-state index is 0.0293. The van der Waals surface area contributed by atoms with E-state index in [9.17, 15) is 15.0 Å². The summed E-state index contributed by atoms with van der Waals surface area (Å²) in [5, 5.41) is 19.5. The zero-order valence-corrected chi connectivity index (χ0v) is 24.5. The molecule has 0 aliphatic carbocycles. The maximum Gasteiger partial charge on any atom is 0.737 e. The number of nitrogens with zero attached hydrogens (tertiary/aromatic N) is 4. The van der Waals surface area contributed by atoms with Gasteiger partial charge in [0.25, 0.3) is 0 Å². The molecule has 12 heteroatoms. The number of allylic oxidation sites excluding steroid dienone is 2. The first-order valence-electron chi connectivity index (χ1n) is 13.9. The summed E-state index contributed by atoms with van der Waals surface area (Å²) in [4.78, 5) is 17.5. The van der Waals surface area contributed by atoms with Gasteiger partial charge in [-0.15, -0.1) is 4.73 Å². The summed E-state index contributed by atoms with van der Waals surface area (Å²) in [5.41, 5.74) is 3.78. The van der Waals surface area contributed by atoms with E-state index in [1.165, 1.54) is 12.1 Å². The molecule has 1 aromatic carbocycles. The Morgan fingerprint density at radius 2 is 1.69 bits per heavy atom. The molecule has 2 aliphatic rings. The van der Waals surface area contributed by atoms with Gasteiger partial charge >= 0.3 is 12.9 Å². The van der Waals surface area contributed by atoms with Crippen molar-refractivity contribution in [3.63, 3.8) is 0 Å². The molecule has 0 radical (unpaired) electrons. The number of aromatic hydroxyl groups is 2. The summed E-state index contributed by atoms with van der Waals surface area (Å²) in [6, 6.07) is 11.1. The van der Waals surface area contributed by atoms with Crippen LogP contribution in [0.3, 0.4) is 0 Å². The molecule has 0 atom stereocenters. The summed E-state index contributed by atoms with van der Waals surface area (Å²) in [6.45, 7) is -1.65. The topological polar surface area (TPSA) is 88.9 Å². The fourth-order valence-corrected chi connectivity index (χ4v) is 5.62. The number of ether oxygens (including phenoxy) is 1. The average Bonchev–Trinajstić information content (AvgIpc) is 3.57. The number of quaternary nitrogens is 1. The molecule has 0 fully saturated rings. The molecule has 2 aromatic heterocycles. The van der Waals surface area contributed by atoms with Gasteiger partial charge in [0.15, 0.2) is 11.4 Å². The highest BCUT2D eigenvalue weighted by Crippen LogP contribution is 2.39. The van der Waals surface area contributed by atoms with E-state index < -0.39 is 24.7 Å². The van der Waals surface area contributed by atoms with E-state index in [0.717, 1.165) is 32.0 Å². The average molecular weight is 581 g/mol. The Morgan fingerprint density at radius 1 is 1.02 bits per heavy atom. The van der Waals surface area contributed by atoms with E-state index in [0.29, 0.717) is 45.1 Å². The lowest BCUT2D eigenvalue weighted by atomic mass is 9.88. The lowest BCUT2D eigenvalue weighted by molar-refractivity contribution is -0.870. The highest BCUT2D eigenvalue weighted by atomic mass is 19.2. The Morgan fingerprint density at radius 3 is 2.31 bits per heavy atom. The van der Waals surface area contributed by atoms with Crippen molar-refractivity contribution in [1.29, 1.82) is 0 Å². The molecule has 5 rings (SSSR count). The van der Waals surface area contributed by atoms with Crippen molar-refractivity contribution in [1.82, 2.24) is 9.21 Å². The van der Waals surface area contributed by atoms with Gasteiger partial charge in [-0.05, 0) is 61.4 Å². The molecule has 0 unspecified atom stereocenters. The first-order valence-corrected chi connectivity index (χ1v) is 13.9. The first-order chi connectivity index (χ1) is 19.8. The van der Waals surface area contributed by atoms with Crippen LogP contribution in [0.1, 0.15) is 41.8 Å². The second-order valence-electron chi connectivity index (χ2n) is 11.8. The van der Waals surface area contributed by atoms with Crippen LogP contribution in [0.5, 0.6) is 17.5 Å². The maximum atomic E-state index is 16.8. The van der Waals surface area contributed by atoms with Crippen LogP contribution in [0.15, 0.2) is 59.8 Å². The van der Waals surface area contributed by atoms with Crippen LogP contribution in [0.4, 0.5) is 8.63 Å². The van der Waals surface area contributed by atoms with E-state index in [2.05, 4.69) is 21.1 Å². The van der Waals surface area contributed by atoms with Gasteiger partial charge in [0.1, 0.15) is 5.75 Å². The maximum absolute atomic E-state index is 16.8. The van der Waals surface area contributed by atoms with Crippen LogP contribution in [-0.2, 0) is 11.2 Å². The number of hydrogen-bond acceptors (Lipinski definition) is 5. The van der Waals surface area contributed by atoms with Gasteiger partial charge in [0.2, 0.25) is 11.8 Å². The van der Waals surface area contributed by atoms with Gasteiger partial charge in [-0.3, -0.25) is 0 Å². The highest BCUT2D eigenvalue weighted by Gasteiger charge is 2.54. The zero-order chi connectivity index (χ0) is 30.4. The summed E-state index contributed by atoms with van der Waals surface area (Å²) in [6.07, 6.45) is 4.91. The Balaban J connectivity index is 1.51. The number of fused-ring (bicyclic) bond motifs is 2. The number of benzene rings is 1. The number of carbonyl (C=O) groups is 1. The Labute approximate surface area is 243 Å². The molecule has 0 bridgehead atoms. The molecule has 0 amide bonds. The van der Waals surface area contributed by atoms with Crippen LogP contribution in [0.2, 0.25) is 0 Å². The van der Waals surface area contributed by atoms with Crippen LogP contribution in [0, 0.1) is 6.92 Å². The third kappa shape index (κ3) is 5.46. The Hall–Kier alpha value is -4.32. The predicted molar refractivity (Wildman–Crippen MR) is 156 cm³/mol. The Bertz CT molecular complexity index is 1610. The van der Waals surface area contributed by atoms with Crippen molar-refractivity contribution in [3.8, 4) is 17.5 Å². The monoisotopic (exact) mass is 581 g/mol. The number of aryl methyl sites for hydroxylation is 2. The quantitative estimate of drug-likeness (QED) is 0.278. The third-order valence-electron chi connectivity index (χ3n) is 7.65. The molecule has 222 valence electrons. The number of aromatic nitrogens is 2. The fraction of sp³-hybridized carbons (Fsp3) is 0.333. The van der Waals surface area contributed by atoms with Crippen LogP contribution in [0.25, 0.3) is 6.08 Å². The van der Waals surface area contributed by atoms with Crippen molar-refractivity contribution in [2.75, 3.05) is 34.8 Å². The fourth-order valence-electron chi connectivity index (χ4n) is 5.62. The van der Waals surface area contributed by atoms with Crippen molar-refractivity contribution in [2.24, 2.45) is 0 Å². The number of methoxy groups -OCH3 is 1. The number of carbonyl (C=O) groups excluding carboxylic acids is 1. The number of halogens is 2. The molecular formula is C30H36BF2N4O5+. The molecule has 3 aromatic rings. The standard InChI is InChI=1S/C30H35BF2N4O5/c1-20-17-23(10-15-30(40)42-36-28(38)13-14-29(36)39)34-25(20)19-27-22(7-6-16-37(2,3)4)18-26(35(27)31(34,32)33)21-8-11-24(41-5)12-9-21/h8-9,11-14,17-19H,6-7,10,15-16H2,1-5H3,(H-,38,39)/p+1. The van der Waals surface area contributed by atoms with Crippen molar-refractivity contribution in [3.05, 3.63) is 82.3 Å². The molecule has 0 saturated heterocycles. The number of hydrogen-bond donors (Lipinski definition) is 2. The minimum Gasteiger partial charge on any atom is -0.497 e. The molecule has 2 N–H and O–H groups in total. The van der Waals surface area contributed by atoms with Crippen molar-refractivity contribution < 1.29 is 42.2 Å². The van der Waals surface area contributed by atoms with Gasteiger partial charge in [0, 0.05) is 47.5 Å². The molecule has 2 aliphatic heterocycles. The van der Waals surface area contributed by atoms with Crippen molar-refractivity contribution >= 4 is 24.7 Å². The lowest BCUT2D eigenvalue weighted by Gasteiger charge is -2.32. The summed E-state index contributed by atoms with van der Waals surface area (Å²) >= 11 is 0. The summed E-state index contributed by atoms with van der Waals surface area (Å²) < 4.78 is 42.4. The van der Waals surface area contributed by atoms with E-state index in [-0.39, 0.29) is 18.5 Å². The van der Waals surface area contributed by atoms with Gasteiger partial charge in [-0.25, -0.2) is 4.79 Å². The lowest BCUT2D eigenvalue weighted by Crippen LogP contribution is -2.51. The van der Waals surface area contributed by atoms with Gasteiger partial charge < -0.3 is 41.9 Å². The van der Waals surface area contributed by atoms with Gasteiger partial charge in [-0.2, -0.15) is 0 Å². The van der Waals surface area contributed by atoms with Crippen LogP contribution in [-0.4, -0.2) is 81.8 Å². The normalized spacial score (nSPS) is 15.7. The molecular weight excluding hydrogens is 545 g/mol. The van der Waals surface area contributed by atoms with Crippen LogP contribution < -0.4 is 9.57 Å². The summed E-state index contributed by atoms with van der Waals surface area (Å²) in [7, 11) is 7.89. The Kier molecular flexibility index (Phi) is 7.52. The van der Waals surface area contributed by atoms with Crippen molar-refractivity contribution in [2.45, 2.75) is 32.6 Å². The third-order valence-corrected chi connectivity index (χ3v) is 7.65.